The van der Waals surface area contributed by atoms with E-state index in [9.17, 15) is 0 Å². The number of nitrogens with one attached hydrogen (secondary N) is 1. The zero-order chi connectivity index (χ0) is 22.6. The molecule has 3 heterocycles. The summed E-state index contributed by atoms with van der Waals surface area (Å²) in [6.45, 7) is 4.59. The first-order valence-electron chi connectivity index (χ1n) is 10.6. The number of nitrogens with zero attached hydrogens (tertiary/aromatic N) is 5. The molecule has 8 heteroatoms. The predicted octanol–water partition coefficient (Wildman–Crippen LogP) is 4.49. The summed E-state index contributed by atoms with van der Waals surface area (Å²) in [5.74, 6) is 0. The maximum Gasteiger partial charge on any atom is 0.352 e. The molecule has 0 aliphatic carbocycles. The summed E-state index contributed by atoms with van der Waals surface area (Å²) >= 11 is 7.20. The average molecular weight is 464 g/mol. The van der Waals surface area contributed by atoms with Gasteiger partial charge in [-0.3, -0.25) is 0 Å². The summed E-state index contributed by atoms with van der Waals surface area (Å²) in [6.07, 6.45) is 6.73. The number of allylic oxidation sites excluding steroid dienone is 3. The van der Waals surface area contributed by atoms with Crippen LogP contribution < -0.4 is 14.6 Å². The van der Waals surface area contributed by atoms with E-state index in [0.29, 0.717) is 4.77 Å². The van der Waals surface area contributed by atoms with Crippen molar-refractivity contribution in [1.29, 1.82) is 0 Å². The van der Waals surface area contributed by atoms with E-state index >= 15 is 0 Å². The number of benzene rings is 2. The van der Waals surface area contributed by atoms with Crippen molar-refractivity contribution in [1.82, 2.24) is 15.0 Å². The van der Waals surface area contributed by atoms with Crippen molar-refractivity contribution in [2.24, 2.45) is 7.05 Å². The van der Waals surface area contributed by atoms with Gasteiger partial charge in [0.1, 0.15) is 7.05 Å². The molecule has 1 atom stereocenters. The van der Waals surface area contributed by atoms with Gasteiger partial charge in [0, 0.05) is 41.9 Å². The van der Waals surface area contributed by atoms with Gasteiger partial charge in [-0.25, -0.2) is 0 Å². The number of aryl methyl sites for hydroxylation is 1. The summed E-state index contributed by atoms with van der Waals surface area (Å²) in [5, 5.41) is 7.59. The molecule has 1 aromatic heterocycles. The first-order valence-corrected chi connectivity index (χ1v) is 11.9. The number of thioether (sulfide) groups is 1. The highest BCUT2D eigenvalue weighted by molar-refractivity contribution is 8.00. The first kappa shape index (κ1) is 21.0. The lowest BCUT2D eigenvalue weighted by Gasteiger charge is -2.24. The van der Waals surface area contributed by atoms with Gasteiger partial charge < -0.3 is 9.80 Å². The van der Waals surface area contributed by atoms with Crippen LogP contribution in [0.4, 0.5) is 11.4 Å². The molecule has 32 heavy (non-hydrogen) atoms. The Morgan fingerprint density at radius 1 is 1.16 bits per heavy atom. The van der Waals surface area contributed by atoms with E-state index in [0.717, 1.165) is 5.69 Å². The third kappa shape index (κ3) is 3.29. The molecule has 1 N–H and O–H groups in total. The number of rotatable bonds is 3. The van der Waals surface area contributed by atoms with Gasteiger partial charge in [0.2, 0.25) is 0 Å². The molecule has 5 rings (SSSR count). The molecular formula is C24H27N6S2+. The quantitative estimate of drug-likeness (QED) is 0.458. The summed E-state index contributed by atoms with van der Waals surface area (Å²) in [5.41, 5.74) is 6.17. The molecule has 2 aliphatic rings. The first-order chi connectivity index (χ1) is 15.3. The number of aromatic amines is 1. The van der Waals surface area contributed by atoms with Gasteiger partial charge in [0.15, 0.2) is 5.69 Å². The topological polar surface area (TPSA) is 44.0 Å². The standard InChI is InChI=1S/C24H26N6S2/c1-24(2)17-9-6-7-10-18(17)27(3)21(24)11-8-12-22-28(4)19-14-13-16(15-20(19)32-22)30-23(31)25-29(5)26-30/h6-15,22H,1-5H3/p+1. The third-order valence-electron chi connectivity index (χ3n) is 6.35. The number of likely N-dealkylation sites (N-methyl/N-ethyl adjacent to an activating group) is 2. The molecule has 1 unspecified atom stereocenters. The van der Waals surface area contributed by atoms with Crippen molar-refractivity contribution in [3.05, 3.63) is 76.7 Å². The highest BCUT2D eigenvalue weighted by Crippen LogP contribution is 2.47. The Bertz CT molecular complexity index is 1320. The second kappa shape index (κ2) is 7.64. The maximum atomic E-state index is 5.35. The fourth-order valence-corrected chi connectivity index (χ4v) is 6.13. The van der Waals surface area contributed by atoms with E-state index in [4.69, 9.17) is 12.2 Å². The lowest BCUT2D eigenvalue weighted by atomic mass is 9.84. The average Bonchev–Trinajstić information content (AvgIpc) is 3.33. The third-order valence-corrected chi connectivity index (χ3v) is 7.91. The number of para-hydroxylation sites is 1. The second-order valence-electron chi connectivity index (χ2n) is 8.75. The van der Waals surface area contributed by atoms with Crippen molar-refractivity contribution in [3.8, 4) is 5.69 Å². The number of anilines is 2. The summed E-state index contributed by atoms with van der Waals surface area (Å²) in [7, 11) is 6.13. The van der Waals surface area contributed by atoms with Crippen LogP contribution in [-0.4, -0.2) is 34.5 Å². The number of hydrogen-bond donors (Lipinski definition) is 1. The van der Waals surface area contributed by atoms with Gasteiger partial charge in [-0.15, -0.1) is 0 Å². The number of tetrazole rings is 1. The molecule has 2 aromatic carbocycles. The van der Waals surface area contributed by atoms with Gasteiger partial charge in [0.25, 0.3) is 0 Å². The Balaban J connectivity index is 1.38. The molecule has 6 nitrogen and oxygen atoms in total. The second-order valence-corrected chi connectivity index (χ2v) is 10.3. The lowest BCUT2D eigenvalue weighted by molar-refractivity contribution is -0.785. The minimum Gasteiger partial charge on any atom is -0.358 e. The van der Waals surface area contributed by atoms with Gasteiger partial charge in [-0.2, -0.15) is 0 Å². The lowest BCUT2D eigenvalue weighted by Crippen LogP contribution is -2.34. The van der Waals surface area contributed by atoms with Gasteiger partial charge in [0.05, 0.1) is 11.1 Å². The molecule has 0 bridgehead atoms. The highest BCUT2D eigenvalue weighted by atomic mass is 32.2. The Kier molecular flexibility index (Phi) is 5.02. The molecule has 0 saturated carbocycles. The Hall–Kier alpha value is -2.84. The number of fused-ring (bicyclic) bond motifs is 2. The number of hydrogen-bond acceptors (Lipinski definition) is 5. The van der Waals surface area contributed by atoms with Crippen molar-refractivity contribution < 1.29 is 4.80 Å². The molecule has 0 saturated heterocycles. The van der Waals surface area contributed by atoms with E-state index in [1.165, 1.54) is 27.5 Å². The van der Waals surface area contributed by atoms with Crippen molar-refractivity contribution in [3.63, 3.8) is 0 Å². The molecule has 3 aromatic rings. The van der Waals surface area contributed by atoms with Crippen LogP contribution in [0, 0.1) is 4.77 Å². The van der Waals surface area contributed by atoms with Gasteiger partial charge in [-0.1, -0.05) is 70.7 Å². The highest BCUT2D eigenvalue weighted by Gasteiger charge is 2.37. The summed E-state index contributed by atoms with van der Waals surface area (Å²) in [4.78, 5) is 7.47. The molecule has 0 spiro atoms. The SMILES string of the molecule is CN1C(=CC=CC2Sc3cc(-n4[nH][n+](C)nc4=S)ccc3N2C)C(C)(C)c2ccccc21. The van der Waals surface area contributed by atoms with E-state index in [1.807, 2.05) is 23.5 Å². The van der Waals surface area contributed by atoms with Crippen molar-refractivity contribution >= 4 is 35.4 Å². The Labute approximate surface area is 197 Å². The maximum absolute atomic E-state index is 5.35. The van der Waals surface area contributed by atoms with E-state index in [-0.39, 0.29) is 10.8 Å². The van der Waals surface area contributed by atoms with E-state index in [2.05, 4.69) is 109 Å². The predicted molar refractivity (Wildman–Crippen MR) is 133 cm³/mol. The minimum absolute atomic E-state index is 0.0123. The van der Waals surface area contributed by atoms with Crippen LogP contribution in [0.5, 0.6) is 0 Å². The van der Waals surface area contributed by atoms with Crippen molar-refractivity contribution in [2.75, 3.05) is 23.9 Å². The van der Waals surface area contributed by atoms with Crippen LogP contribution >= 0.6 is 24.0 Å². The van der Waals surface area contributed by atoms with Crippen molar-refractivity contribution in [2.45, 2.75) is 29.5 Å². The molecule has 0 fully saturated rings. The fraction of sp³-hybridized carbons (Fsp3) is 0.292. The van der Waals surface area contributed by atoms with Crippen LogP contribution in [0.3, 0.4) is 0 Å². The minimum atomic E-state index is -0.0123. The Morgan fingerprint density at radius 2 is 1.94 bits per heavy atom. The molecule has 2 aliphatic heterocycles. The smallest absolute Gasteiger partial charge is 0.352 e. The van der Waals surface area contributed by atoms with E-state index in [1.54, 1.807) is 4.80 Å². The molecule has 0 amide bonds. The molecule has 0 radical (unpaired) electrons. The zero-order valence-electron chi connectivity index (χ0n) is 18.9. The molecular weight excluding hydrogens is 436 g/mol. The zero-order valence-corrected chi connectivity index (χ0v) is 20.5. The monoisotopic (exact) mass is 463 g/mol. The molecule has 164 valence electrons. The Morgan fingerprint density at radius 3 is 2.66 bits per heavy atom. The normalized spacial score (nSPS) is 20.4. The van der Waals surface area contributed by atoms with Crippen LogP contribution in [0.2, 0.25) is 0 Å². The van der Waals surface area contributed by atoms with Crippen LogP contribution in [0.15, 0.2) is 71.3 Å². The van der Waals surface area contributed by atoms with Gasteiger partial charge >= 0.3 is 4.77 Å². The summed E-state index contributed by atoms with van der Waals surface area (Å²) < 4.78 is 2.33. The van der Waals surface area contributed by atoms with Gasteiger partial charge in [-0.05, 0) is 47.2 Å². The van der Waals surface area contributed by atoms with Crippen LogP contribution in [0.25, 0.3) is 5.69 Å². The largest absolute Gasteiger partial charge is 0.358 e. The summed E-state index contributed by atoms with van der Waals surface area (Å²) in [6, 6.07) is 15.1. The van der Waals surface area contributed by atoms with Crippen LogP contribution in [-0.2, 0) is 12.5 Å². The van der Waals surface area contributed by atoms with E-state index < -0.39 is 0 Å². The number of aromatic nitrogens is 4. The fourth-order valence-electron chi connectivity index (χ4n) is 4.64. The van der Waals surface area contributed by atoms with Crippen LogP contribution in [0.1, 0.15) is 19.4 Å². The number of H-pyrrole nitrogens is 1.